The highest BCUT2D eigenvalue weighted by atomic mass is 16.3. The maximum absolute atomic E-state index is 9.76. The summed E-state index contributed by atoms with van der Waals surface area (Å²) < 4.78 is 5.17. The van der Waals surface area contributed by atoms with Crippen molar-refractivity contribution in [3.8, 4) is 11.5 Å². The maximum atomic E-state index is 9.76. The van der Waals surface area contributed by atoms with Crippen molar-refractivity contribution in [2.24, 2.45) is 5.73 Å². The normalized spacial score (nSPS) is 14.7. The Labute approximate surface area is 93.7 Å². The van der Waals surface area contributed by atoms with Crippen molar-refractivity contribution in [1.82, 2.24) is 4.98 Å². The molecule has 2 rings (SSSR count). The molecule has 0 aliphatic heterocycles. The Bertz CT molecular complexity index is 435. The Balaban J connectivity index is 2.23. The molecule has 84 valence electrons. The van der Waals surface area contributed by atoms with Gasteiger partial charge in [0, 0.05) is 11.6 Å². The van der Waals surface area contributed by atoms with E-state index in [1.54, 1.807) is 13.1 Å². The summed E-state index contributed by atoms with van der Waals surface area (Å²) in [6.07, 6.45) is 2.48. The smallest absolute Gasteiger partial charge is 0.225 e. The molecule has 0 spiro atoms. The van der Waals surface area contributed by atoms with Gasteiger partial charge in [0.15, 0.2) is 0 Å². The van der Waals surface area contributed by atoms with Crippen LogP contribution in [0.5, 0.6) is 0 Å². The quantitative estimate of drug-likeness (QED) is 0.822. The maximum Gasteiger partial charge on any atom is 0.225 e. The van der Waals surface area contributed by atoms with E-state index in [1.807, 2.05) is 24.3 Å². The number of rotatable bonds is 3. The predicted molar refractivity (Wildman–Crippen MR) is 60.5 cm³/mol. The van der Waals surface area contributed by atoms with Gasteiger partial charge in [-0.15, -0.1) is 0 Å². The molecule has 0 amide bonds. The lowest BCUT2D eigenvalue weighted by atomic mass is 10.0. The molecule has 0 fully saturated rings. The average Bonchev–Trinajstić information content (AvgIpc) is 2.81. The topological polar surface area (TPSA) is 72.3 Å². The largest absolute Gasteiger partial charge is 0.445 e. The molecule has 0 bridgehead atoms. The number of aliphatic hydroxyl groups excluding tert-OH is 1. The molecule has 2 aromatic rings. The molecular formula is C12H14N2O2. The molecule has 1 aromatic heterocycles. The lowest BCUT2D eigenvalue weighted by Crippen LogP contribution is -2.24. The molecule has 0 radical (unpaired) electrons. The van der Waals surface area contributed by atoms with E-state index in [4.69, 9.17) is 10.2 Å². The highest BCUT2D eigenvalue weighted by Gasteiger charge is 2.12. The van der Waals surface area contributed by atoms with Gasteiger partial charge in [-0.1, -0.05) is 12.1 Å². The predicted octanol–water partition coefficient (Wildman–Crippen LogP) is 1.72. The number of aliphatic hydroxyl groups is 1. The van der Waals surface area contributed by atoms with Crippen molar-refractivity contribution in [1.29, 1.82) is 0 Å². The summed E-state index contributed by atoms with van der Waals surface area (Å²) in [7, 11) is 0. The van der Waals surface area contributed by atoms with Crippen LogP contribution in [0.4, 0.5) is 0 Å². The van der Waals surface area contributed by atoms with Crippen molar-refractivity contribution in [2.45, 2.75) is 19.1 Å². The minimum Gasteiger partial charge on any atom is -0.445 e. The van der Waals surface area contributed by atoms with Crippen molar-refractivity contribution < 1.29 is 9.52 Å². The van der Waals surface area contributed by atoms with Crippen molar-refractivity contribution in [3.63, 3.8) is 0 Å². The van der Waals surface area contributed by atoms with E-state index in [2.05, 4.69) is 4.98 Å². The Hall–Kier alpha value is -1.65. The van der Waals surface area contributed by atoms with Gasteiger partial charge in [-0.25, -0.2) is 4.98 Å². The SMILES string of the molecule is CC(N)C(O)c1ccc(-c2ncco2)cc1. The van der Waals surface area contributed by atoms with Crippen LogP contribution < -0.4 is 5.73 Å². The minimum absolute atomic E-state index is 0.285. The van der Waals surface area contributed by atoms with E-state index in [9.17, 15) is 5.11 Å². The molecule has 0 saturated carbocycles. The van der Waals surface area contributed by atoms with E-state index in [0.29, 0.717) is 5.89 Å². The van der Waals surface area contributed by atoms with Crippen LogP contribution in [0.2, 0.25) is 0 Å². The molecule has 3 N–H and O–H groups in total. The van der Waals surface area contributed by atoms with Crippen LogP contribution in [-0.4, -0.2) is 16.1 Å². The molecule has 1 aromatic carbocycles. The van der Waals surface area contributed by atoms with Crippen LogP contribution >= 0.6 is 0 Å². The highest BCUT2D eigenvalue weighted by molar-refractivity contribution is 5.53. The van der Waals surface area contributed by atoms with Gasteiger partial charge in [-0.2, -0.15) is 0 Å². The van der Waals surface area contributed by atoms with Gasteiger partial charge in [-0.05, 0) is 24.6 Å². The Morgan fingerprint density at radius 2 is 2.00 bits per heavy atom. The third-order valence-electron chi connectivity index (χ3n) is 2.43. The van der Waals surface area contributed by atoms with Gasteiger partial charge in [0.1, 0.15) is 6.26 Å². The van der Waals surface area contributed by atoms with Gasteiger partial charge in [0.05, 0.1) is 12.3 Å². The lowest BCUT2D eigenvalue weighted by molar-refractivity contribution is 0.153. The fourth-order valence-corrected chi connectivity index (χ4v) is 1.49. The molecule has 0 aliphatic carbocycles. The number of benzene rings is 1. The lowest BCUT2D eigenvalue weighted by Gasteiger charge is -2.14. The zero-order chi connectivity index (χ0) is 11.5. The molecule has 1 heterocycles. The van der Waals surface area contributed by atoms with Gasteiger partial charge >= 0.3 is 0 Å². The van der Waals surface area contributed by atoms with E-state index in [1.165, 1.54) is 6.26 Å². The standard InChI is InChI=1S/C12H14N2O2/c1-8(13)11(15)9-2-4-10(5-3-9)12-14-6-7-16-12/h2-8,11,15H,13H2,1H3. The van der Waals surface area contributed by atoms with Crippen LogP contribution in [0.15, 0.2) is 41.1 Å². The Morgan fingerprint density at radius 3 is 2.50 bits per heavy atom. The molecule has 4 nitrogen and oxygen atoms in total. The monoisotopic (exact) mass is 218 g/mol. The summed E-state index contributed by atoms with van der Waals surface area (Å²) in [4.78, 5) is 4.04. The fraction of sp³-hybridized carbons (Fsp3) is 0.250. The summed E-state index contributed by atoms with van der Waals surface area (Å²) in [5.74, 6) is 0.571. The first-order valence-electron chi connectivity index (χ1n) is 5.12. The minimum atomic E-state index is -0.640. The first-order chi connectivity index (χ1) is 7.68. The second-order valence-corrected chi connectivity index (χ2v) is 3.76. The summed E-state index contributed by atoms with van der Waals surface area (Å²) >= 11 is 0. The van der Waals surface area contributed by atoms with Crippen LogP contribution in [0.1, 0.15) is 18.6 Å². The molecule has 0 aliphatic rings. The molecule has 2 unspecified atom stereocenters. The second-order valence-electron chi connectivity index (χ2n) is 3.76. The Morgan fingerprint density at radius 1 is 1.31 bits per heavy atom. The van der Waals surface area contributed by atoms with Gasteiger partial charge in [0.25, 0.3) is 0 Å². The molecule has 2 atom stereocenters. The molecule has 4 heteroatoms. The number of nitrogens with zero attached hydrogens (tertiary/aromatic N) is 1. The summed E-state index contributed by atoms with van der Waals surface area (Å²) in [6.45, 7) is 1.77. The zero-order valence-corrected chi connectivity index (χ0v) is 9.00. The van der Waals surface area contributed by atoms with E-state index < -0.39 is 6.10 Å². The fourth-order valence-electron chi connectivity index (χ4n) is 1.49. The first kappa shape index (κ1) is 10.9. The molecule has 16 heavy (non-hydrogen) atoms. The third-order valence-corrected chi connectivity index (χ3v) is 2.43. The van der Waals surface area contributed by atoms with Crippen molar-refractivity contribution in [3.05, 3.63) is 42.3 Å². The van der Waals surface area contributed by atoms with Crippen molar-refractivity contribution >= 4 is 0 Å². The third kappa shape index (κ3) is 2.13. The van der Waals surface area contributed by atoms with Crippen LogP contribution in [0.3, 0.4) is 0 Å². The molecular weight excluding hydrogens is 204 g/mol. The van der Waals surface area contributed by atoms with Crippen LogP contribution in [-0.2, 0) is 0 Å². The average molecular weight is 218 g/mol. The summed E-state index contributed by atoms with van der Waals surface area (Å²) in [5, 5.41) is 9.76. The number of oxazole rings is 1. The van der Waals surface area contributed by atoms with Gasteiger partial charge in [-0.3, -0.25) is 0 Å². The number of nitrogens with two attached hydrogens (primary N) is 1. The van der Waals surface area contributed by atoms with Crippen LogP contribution in [0.25, 0.3) is 11.5 Å². The number of hydrogen-bond donors (Lipinski definition) is 2. The molecule has 0 saturated heterocycles. The van der Waals surface area contributed by atoms with E-state index in [-0.39, 0.29) is 6.04 Å². The van der Waals surface area contributed by atoms with Crippen molar-refractivity contribution in [2.75, 3.05) is 0 Å². The summed E-state index contributed by atoms with van der Waals surface area (Å²) in [5.41, 5.74) is 7.30. The van der Waals surface area contributed by atoms with Crippen LogP contribution in [0, 0.1) is 0 Å². The zero-order valence-electron chi connectivity index (χ0n) is 9.00. The summed E-state index contributed by atoms with van der Waals surface area (Å²) in [6, 6.07) is 7.08. The van der Waals surface area contributed by atoms with E-state index >= 15 is 0 Å². The van der Waals surface area contributed by atoms with Gasteiger partial charge < -0.3 is 15.3 Å². The second kappa shape index (κ2) is 4.47. The number of aromatic nitrogens is 1. The van der Waals surface area contributed by atoms with Gasteiger partial charge in [0.2, 0.25) is 5.89 Å². The first-order valence-corrected chi connectivity index (χ1v) is 5.12. The van der Waals surface area contributed by atoms with E-state index in [0.717, 1.165) is 11.1 Å². The highest BCUT2D eigenvalue weighted by Crippen LogP contribution is 2.21. The number of hydrogen-bond acceptors (Lipinski definition) is 4. The Kier molecular flexibility index (Phi) is 3.03.